The van der Waals surface area contributed by atoms with Crippen molar-refractivity contribution in [3.8, 4) is 0 Å². The summed E-state index contributed by atoms with van der Waals surface area (Å²) in [5.74, 6) is -0.551. The van der Waals surface area contributed by atoms with Gasteiger partial charge < -0.3 is 15.4 Å². The Labute approximate surface area is 138 Å². The molecule has 1 saturated carbocycles. The summed E-state index contributed by atoms with van der Waals surface area (Å²) >= 11 is 0. The number of carbonyl (C=O) groups is 3. The van der Waals surface area contributed by atoms with E-state index in [2.05, 4.69) is 10.6 Å². The van der Waals surface area contributed by atoms with Crippen LogP contribution in [-0.2, 0) is 19.1 Å². The van der Waals surface area contributed by atoms with Gasteiger partial charge in [0.25, 0.3) is 0 Å². The van der Waals surface area contributed by atoms with Gasteiger partial charge >= 0.3 is 5.97 Å². The van der Waals surface area contributed by atoms with Crippen molar-refractivity contribution >= 4 is 17.8 Å². The van der Waals surface area contributed by atoms with Gasteiger partial charge in [0.15, 0.2) is 0 Å². The summed E-state index contributed by atoms with van der Waals surface area (Å²) in [6.45, 7) is 5.99. The molecule has 1 rings (SSSR count). The minimum absolute atomic E-state index is 0.0313. The van der Waals surface area contributed by atoms with Crippen molar-refractivity contribution in [1.82, 2.24) is 10.6 Å². The minimum Gasteiger partial charge on any atom is -0.467 e. The standard InChI is InChI=1S/C17H30N2O4/c1-16(2,3)14(21)18-12-8-9-13(20)19-17(15(22)23-4)10-6-5-7-11-17/h5-12H2,1-4H3,(H,18,21)(H,19,20). The molecule has 0 bridgehead atoms. The molecule has 0 saturated heterocycles. The molecule has 2 N–H and O–H groups in total. The molecular weight excluding hydrogens is 296 g/mol. The Morgan fingerprint density at radius 1 is 1.09 bits per heavy atom. The van der Waals surface area contributed by atoms with Crippen LogP contribution in [0.3, 0.4) is 0 Å². The Balaban J connectivity index is 2.42. The van der Waals surface area contributed by atoms with Crippen LogP contribution in [0.4, 0.5) is 0 Å². The van der Waals surface area contributed by atoms with E-state index in [4.69, 9.17) is 4.74 Å². The molecule has 0 atom stereocenters. The van der Waals surface area contributed by atoms with Crippen molar-refractivity contribution in [3.05, 3.63) is 0 Å². The zero-order valence-corrected chi connectivity index (χ0v) is 14.8. The van der Waals surface area contributed by atoms with E-state index in [0.717, 1.165) is 19.3 Å². The Morgan fingerprint density at radius 2 is 1.70 bits per heavy atom. The van der Waals surface area contributed by atoms with E-state index < -0.39 is 11.0 Å². The lowest BCUT2D eigenvalue weighted by atomic mass is 9.81. The summed E-state index contributed by atoms with van der Waals surface area (Å²) in [5, 5.41) is 5.69. The maximum atomic E-state index is 12.1. The highest BCUT2D eigenvalue weighted by molar-refractivity contribution is 5.88. The highest BCUT2D eigenvalue weighted by Crippen LogP contribution is 2.29. The first-order chi connectivity index (χ1) is 10.7. The first kappa shape index (κ1) is 19.5. The topological polar surface area (TPSA) is 84.5 Å². The number of esters is 1. The summed E-state index contributed by atoms with van der Waals surface area (Å²) < 4.78 is 4.88. The molecule has 6 nitrogen and oxygen atoms in total. The maximum Gasteiger partial charge on any atom is 0.331 e. The largest absolute Gasteiger partial charge is 0.467 e. The summed E-state index contributed by atoms with van der Waals surface area (Å²) in [5.41, 5.74) is -1.29. The molecule has 1 aliphatic carbocycles. The Kier molecular flexibility index (Phi) is 7.03. The van der Waals surface area contributed by atoms with E-state index in [0.29, 0.717) is 25.8 Å². The number of hydrogen-bond donors (Lipinski definition) is 2. The zero-order chi connectivity index (χ0) is 17.5. The zero-order valence-electron chi connectivity index (χ0n) is 14.8. The lowest BCUT2D eigenvalue weighted by Gasteiger charge is -2.35. The molecule has 0 unspecified atom stereocenters. The fraction of sp³-hybridized carbons (Fsp3) is 0.824. The number of rotatable bonds is 6. The molecule has 0 heterocycles. The van der Waals surface area contributed by atoms with Gasteiger partial charge in [-0.25, -0.2) is 4.79 Å². The van der Waals surface area contributed by atoms with E-state index in [1.54, 1.807) is 0 Å². The van der Waals surface area contributed by atoms with Gasteiger partial charge in [0, 0.05) is 18.4 Å². The molecule has 0 radical (unpaired) electrons. The Morgan fingerprint density at radius 3 is 2.22 bits per heavy atom. The highest BCUT2D eigenvalue weighted by atomic mass is 16.5. The molecule has 6 heteroatoms. The van der Waals surface area contributed by atoms with Gasteiger partial charge in [-0.1, -0.05) is 40.0 Å². The second kappa shape index (κ2) is 8.31. The van der Waals surface area contributed by atoms with Gasteiger partial charge in [-0.15, -0.1) is 0 Å². The lowest BCUT2D eigenvalue weighted by Crippen LogP contribution is -2.56. The fourth-order valence-electron chi connectivity index (χ4n) is 2.78. The average Bonchev–Trinajstić information content (AvgIpc) is 2.50. The van der Waals surface area contributed by atoms with E-state index in [-0.39, 0.29) is 24.2 Å². The third-order valence-electron chi connectivity index (χ3n) is 4.21. The molecular formula is C17H30N2O4. The molecule has 23 heavy (non-hydrogen) atoms. The molecule has 0 spiro atoms. The SMILES string of the molecule is COC(=O)C1(NC(=O)CCCNC(=O)C(C)(C)C)CCCCC1. The van der Waals surface area contributed by atoms with Crippen molar-refractivity contribution in [2.45, 2.75) is 71.3 Å². The monoisotopic (exact) mass is 326 g/mol. The molecule has 132 valence electrons. The number of ether oxygens (including phenoxy) is 1. The van der Waals surface area contributed by atoms with Crippen LogP contribution in [0.5, 0.6) is 0 Å². The first-order valence-electron chi connectivity index (χ1n) is 8.39. The molecule has 0 aromatic heterocycles. The van der Waals surface area contributed by atoms with E-state index in [9.17, 15) is 14.4 Å². The summed E-state index contributed by atoms with van der Waals surface area (Å²) in [7, 11) is 1.35. The van der Waals surface area contributed by atoms with Gasteiger partial charge in [0.2, 0.25) is 11.8 Å². The van der Waals surface area contributed by atoms with Crippen molar-refractivity contribution in [2.75, 3.05) is 13.7 Å². The normalized spacial score (nSPS) is 17.2. The van der Waals surface area contributed by atoms with Crippen molar-refractivity contribution < 1.29 is 19.1 Å². The number of methoxy groups -OCH3 is 1. The van der Waals surface area contributed by atoms with E-state index in [1.165, 1.54) is 7.11 Å². The van der Waals surface area contributed by atoms with Gasteiger partial charge in [-0.3, -0.25) is 9.59 Å². The third-order valence-corrected chi connectivity index (χ3v) is 4.21. The van der Waals surface area contributed by atoms with Crippen LogP contribution in [0.25, 0.3) is 0 Å². The number of amides is 2. The van der Waals surface area contributed by atoms with Gasteiger partial charge in [-0.2, -0.15) is 0 Å². The Bertz CT molecular complexity index is 434. The van der Waals surface area contributed by atoms with Gasteiger partial charge in [0.05, 0.1) is 7.11 Å². The van der Waals surface area contributed by atoms with Crippen LogP contribution in [0, 0.1) is 5.41 Å². The van der Waals surface area contributed by atoms with Crippen LogP contribution >= 0.6 is 0 Å². The Hall–Kier alpha value is -1.59. The van der Waals surface area contributed by atoms with Crippen LogP contribution in [0.1, 0.15) is 65.7 Å². The molecule has 0 aromatic rings. The number of hydrogen-bond acceptors (Lipinski definition) is 4. The molecule has 2 amide bonds. The van der Waals surface area contributed by atoms with Crippen LogP contribution in [0.2, 0.25) is 0 Å². The molecule has 1 fully saturated rings. The maximum absolute atomic E-state index is 12.1. The van der Waals surface area contributed by atoms with E-state index >= 15 is 0 Å². The van der Waals surface area contributed by atoms with E-state index in [1.807, 2.05) is 20.8 Å². The average molecular weight is 326 g/mol. The number of carbonyl (C=O) groups excluding carboxylic acids is 3. The predicted molar refractivity (Wildman–Crippen MR) is 87.7 cm³/mol. The smallest absolute Gasteiger partial charge is 0.331 e. The van der Waals surface area contributed by atoms with Crippen molar-refractivity contribution in [3.63, 3.8) is 0 Å². The molecule has 0 aliphatic heterocycles. The summed E-state index contributed by atoms with van der Waals surface area (Å²) in [6.07, 6.45) is 4.99. The summed E-state index contributed by atoms with van der Waals surface area (Å²) in [4.78, 5) is 35.9. The van der Waals surface area contributed by atoms with Crippen LogP contribution in [-0.4, -0.2) is 37.0 Å². The predicted octanol–water partition coefficient (Wildman–Crippen LogP) is 1.92. The minimum atomic E-state index is -0.862. The number of nitrogens with one attached hydrogen (secondary N) is 2. The van der Waals surface area contributed by atoms with Crippen LogP contribution in [0.15, 0.2) is 0 Å². The van der Waals surface area contributed by atoms with Crippen molar-refractivity contribution in [1.29, 1.82) is 0 Å². The third kappa shape index (κ3) is 5.84. The quantitative estimate of drug-likeness (QED) is 0.577. The first-order valence-corrected chi connectivity index (χ1v) is 8.39. The van der Waals surface area contributed by atoms with Gasteiger partial charge in [-0.05, 0) is 19.3 Å². The second-order valence-corrected chi connectivity index (χ2v) is 7.29. The molecule has 0 aromatic carbocycles. The fourth-order valence-corrected chi connectivity index (χ4v) is 2.78. The molecule has 1 aliphatic rings. The lowest BCUT2D eigenvalue weighted by molar-refractivity contribution is -0.152. The highest BCUT2D eigenvalue weighted by Gasteiger charge is 2.41. The second-order valence-electron chi connectivity index (χ2n) is 7.29. The van der Waals surface area contributed by atoms with Crippen LogP contribution < -0.4 is 10.6 Å². The summed E-state index contributed by atoms with van der Waals surface area (Å²) in [6, 6.07) is 0. The van der Waals surface area contributed by atoms with Crippen molar-refractivity contribution in [2.24, 2.45) is 5.41 Å². The van der Waals surface area contributed by atoms with Gasteiger partial charge in [0.1, 0.15) is 5.54 Å².